The maximum atomic E-state index is 8.86. The van der Waals surface area contributed by atoms with Gasteiger partial charge in [0.2, 0.25) is 0 Å². The highest BCUT2D eigenvalue weighted by Gasteiger charge is 2.05. The third-order valence-electron chi connectivity index (χ3n) is 3.10. The Morgan fingerprint density at radius 2 is 1.61 bits per heavy atom. The first-order valence-corrected chi connectivity index (χ1v) is 5.96. The van der Waals surface area contributed by atoms with E-state index in [0.29, 0.717) is 5.56 Å². The average molecular weight is 236 g/mol. The molecule has 2 heteroatoms. The zero-order valence-corrected chi connectivity index (χ0v) is 10.9. The predicted octanol–water partition coefficient (Wildman–Crippen LogP) is 4.23. The standard InChI is InChI=1S/C16H16N2/c1-11-5-4-6-12(2)16(11)18-15-8-7-14(10-17)9-13(15)3/h4-9,18H,1-3H3. The molecule has 0 unspecified atom stereocenters. The number of nitriles is 1. The second kappa shape index (κ2) is 4.93. The van der Waals surface area contributed by atoms with E-state index in [1.807, 2.05) is 25.1 Å². The normalized spacial score (nSPS) is 9.89. The molecule has 2 nitrogen and oxygen atoms in total. The van der Waals surface area contributed by atoms with Crippen LogP contribution in [0, 0.1) is 32.1 Å². The summed E-state index contributed by atoms with van der Waals surface area (Å²) in [4.78, 5) is 0. The van der Waals surface area contributed by atoms with Gasteiger partial charge in [-0.05, 0) is 55.7 Å². The van der Waals surface area contributed by atoms with Gasteiger partial charge in [0, 0.05) is 11.4 Å². The van der Waals surface area contributed by atoms with Crippen LogP contribution in [0.15, 0.2) is 36.4 Å². The molecule has 0 heterocycles. The average Bonchev–Trinajstić information content (AvgIpc) is 2.35. The number of benzene rings is 2. The fraction of sp³-hybridized carbons (Fsp3) is 0.188. The molecule has 0 radical (unpaired) electrons. The van der Waals surface area contributed by atoms with E-state index < -0.39 is 0 Å². The van der Waals surface area contributed by atoms with Crippen molar-refractivity contribution in [3.05, 3.63) is 58.7 Å². The molecule has 2 rings (SSSR count). The van der Waals surface area contributed by atoms with Gasteiger partial charge in [0.25, 0.3) is 0 Å². The van der Waals surface area contributed by atoms with Crippen molar-refractivity contribution in [1.82, 2.24) is 0 Å². The van der Waals surface area contributed by atoms with Crippen LogP contribution in [0.5, 0.6) is 0 Å². The SMILES string of the molecule is Cc1cc(C#N)ccc1Nc1c(C)cccc1C. The Balaban J connectivity index is 2.38. The minimum atomic E-state index is 0.694. The molecule has 0 bridgehead atoms. The van der Waals surface area contributed by atoms with E-state index in [-0.39, 0.29) is 0 Å². The molecular formula is C16H16N2. The highest BCUT2D eigenvalue weighted by atomic mass is 14.9. The molecule has 2 aromatic carbocycles. The van der Waals surface area contributed by atoms with Gasteiger partial charge >= 0.3 is 0 Å². The molecule has 0 amide bonds. The lowest BCUT2D eigenvalue weighted by atomic mass is 10.1. The highest BCUT2D eigenvalue weighted by Crippen LogP contribution is 2.26. The number of hydrogen-bond acceptors (Lipinski definition) is 2. The Morgan fingerprint density at radius 3 is 2.17 bits per heavy atom. The minimum Gasteiger partial charge on any atom is -0.355 e. The summed E-state index contributed by atoms with van der Waals surface area (Å²) >= 11 is 0. The van der Waals surface area contributed by atoms with Gasteiger partial charge in [0.1, 0.15) is 0 Å². The van der Waals surface area contributed by atoms with Gasteiger partial charge in [-0.3, -0.25) is 0 Å². The van der Waals surface area contributed by atoms with Crippen molar-refractivity contribution < 1.29 is 0 Å². The Hall–Kier alpha value is -2.27. The monoisotopic (exact) mass is 236 g/mol. The van der Waals surface area contributed by atoms with Crippen molar-refractivity contribution in [2.45, 2.75) is 20.8 Å². The molecule has 0 atom stereocenters. The van der Waals surface area contributed by atoms with Crippen LogP contribution in [0.4, 0.5) is 11.4 Å². The van der Waals surface area contributed by atoms with Crippen molar-refractivity contribution in [2.24, 2.45) is 0 Å². The van der Waals surface area contributed by atoms with Gasteiger partial charge in [-0.2, -0.15) is 5.26 Å². The van der Waals surface area contributed by atoms with E-state index in [2.05, 4.69) is 43.4 Å². The first kappa shape index (κ1) is 12.2. The summed E-state index contributed by atoms with van der Waals surface area (Å²) in [5.41, 5.74) is 6.41. The summed E-state index contributed by atoms with van der Waals surface area (Å²) < 4.78 is 0. The summed E-state index contributed by atoms with van der Waals surface area (Å²) in [5, 5.41) is 12.3. The smallest absolute Gasteiger partial charge is 0.0991 e. The van der Waals surface area contributed by atoms with Crippen LogP contribution in [-0.2, 0) is 0 Å². The van der Waals surface area contributed by atoms with Crippen LogP contribution in [-0.4, -0.2) is 0 Å². The number of rotatable bonds is 2. The molecule has 1 N–H and O–H groups in total. The van der Waals surface area contributed by atoms with Gasteiger partial charge < -0.3 is 5.32 Å². The van der Waals surface area contributed by atoms with E-state index >= 15 is 0 Å². The van der Waals surface area contributed by atoms with Crippen LogP contribution >= 0.6 is 0 Å². The quantitative estimate of drug-likeness (QED) is 0.847. The third kappa shape index (κ3) is 2.36. The zero-order chi connectivity index (χ0) is 13.1. The molecule has 0 aliphatic carbocycles. The number of para-hydroxylation sites is 1. The molecule has 0 aliphatic rings. The summed E-state index contributed by atoms with van der Waals surface area (Å²) in [6, 6.07) is 14.1. The fourth-order valence-corrected chi connectivity index (χ4v) is 2.02. The van der Waals surface area contributed by atoms with Gasteiger partial charge in [0.05, 0.1) is 11.6 Å². The van der Waals surface area contributed by atoms with E-state index in [9.17, 15) is 0 Å². The second-order valence-electron chi connectivity index (χ2n) is 4.53. The summed E-state index contributed by atoms with van der Waals surface area (Å²) in [5.74, 6) is 0. The summed E-state index contributed by atoms with van der Waals surface area (Å²) in [6.45, 7) is 6.19. The number of hydrogen-bond donors (Lipinski definition) is 1. The van der Waals surface area contributed by atoms with Gasteiger partial charge in [0.15, 0.2) is 0 Å². The third-order valence-corrected chi connectivity index (χ3v) is 3.10. The Labute approximate surface area is 108 Å². The first-order valence-electron chi connectivity index (χ1n) is 5.96. The Kier molecular flexibility index (Phi) is 3.34. The molecule has 0 fully saturated rings. The second-order valence-corrected chi connectivity index (χ2v) is 4.53. The largest absolute Gasteiger partial charge is 0.355 e. The molecule has 90 valence electrons. The van der Waals surface area contributed by atoms with E-state index in [0.717, 1.165) is 16.9 Å². The number of nitrogens with zero attached hydrogens (tertiary/aromatic N) is 1. The lowest BCUT2D eigenvalue weighted by Crippen LogP contribution is -1.98. The Bertz CT molecular complexity index is 601. The number of anilines is 2. The molecule has 0 aromatic heterocycles. The molecular weight excluding hydrogens is 220 g/mol. The highest BCUT2D eigenvalue weighted by molar-refractivity contribution is 5.69. The van der Waals surface area contributed by atoms with E-state index in [1.165, 1.54) is 11.1 Å². The maximum Gasteiger partial charge on any atom is 0.0991 e. The fourth-order valence-electron chi connectivity index (χ4n) is 2.02. The lowest BCUT2D eigenvalue weighted by molar-refractivity contribution is 1.34. The van der Waals surface area contributed by atoms with E-state index in [4.69, 9.17) is 5.26 Å². The predicted molar refractivity (Wildman–Crippen MR) is 75.1 cm³/mol. The molecule has 0 saturated carbocycles. The van der Waals surface area contributed by atoms with Crippen LogP contribution < -0.4 is 5.32 Å². The van der Waals surface area contributed by atoms with Gasteiger partial charge in [-0.1, -0.05) is 18.2 Å². The first-order chi connectivity index (χ1) is 8.61. The van der Waals surface area contributed by atoms with Crippen molar-refractivity contribution >= 4 is 11.4 Å². The summed E-state index contributed by atoms with van der Waals surface area (Å²) in [7, 11) is 0. The maximum absolute atomic E-state index is 8.86. The number of nitrogens with one attached hydrogen (secondary N) is 1. The van der Waals surface area contributed by atoms with Crippen molar-refractivity contribution in [2.75, 3.05) is 5.32 Å². The van der Waals surface area contributed by atoms with Crippen LogP contribution in [0.1, 0.15) is 22.3 Å². The van der Waals surface area contributed by atoms with E-state index in [1.54, 1.807) is 0 Å². The van der Waals surface area contributed by atoms with Crippen LogP contribution in [0.2, 0.25) is 0 Å². The molecule has 0 saturated heterocycles. The molecule has 2 aromatic rings. The van der Waals surface area contributed by atoms with Crippen molar-refractivity contribution in [3.8, 4) is 6.07 Å². The van der Waals surface area contributed by atoms with Crippen LogP contribution in [0.3, 0.4) is 0 Å². The molecule has 0 spiro atoms. The molecule has 18 heavy (non-hydrogen) atoms. The van der Waals surface area contributed by atoms with Gasteiger partial charge in [-0.25, -0.2) is 0 Å². The lowest BCUT2D eigenvalue weighted by Gasteiger charge is -2.14. The van der Waals surface area contributed by atoms with Gasteiger partial charge in [-0.15, -0.1) is 0 Å². The zero-order valence-electron chi connectivity index (χ0n) is 10.9. The van der Waals surface area contributed by atoms with Crippen molar-refractivity contribution in [1.29, 1.82) is 5.26 Å². The minimum absolute atomic E-state index is 0.694. The topological polar surface area (TPSA) is 35.8 Å². The van der Waals surface area contributed by atoms with Crippen LogP contribution in [0.25, 0.3) is 0 Å². The summed E-state index contributed by atoms with van der Waals surface area (Å²) in [6.07, 6.45) is 0. The van der Waals surface area contributed by atoms with Crippen molar-refractivity contribution in [3.63, 3.8) is 0 Å². The number of aryl methyl sites for hydroxylation is 3. The molecule has 0 aliphatic heterocycles. The Morgan fingerprint density at radius 1 is 0.944 bits per heavy atom.